The Kier molecular flexibility index (Phi) is 3.44. The standard InChI is InChI=1S/C13H18N4O2/c1-8-5-16-9(6-15-8)7-17-13(18)12-4-10-11(19-12)2-3-14-10/h5-6,10-12,14H,2-4,7H2,1H3,(H,17,18)/t10-,11-,12-/m0/s1. The number of nitrogens with one attached hydrogen (secondary N) is 2. The average Bonchev–Trinajstić information content (AvgIpc) is 2.98. The number of amides is 1. The van der Waals surface area contributed by atoms with Gasteiger partial charge in [0.1, 0.15) is 6.10 Å². The molecule has 0 unspecified atom stereocenters. The van der Waals surface area contributed by atoms with Crippen LogP contribution in [0.15, 0.2) is 12.4 Å². The van der Waals surface area contributed by atoms with Crippen molar-refractivity contribution in [2.75, 3.05) is 6.54 Å². The number of carbonyl (C=O) groups is 1. The van der Waals surface area contributed by atoms with Gasteiger partial charge in [0.2, 0.25) is 5.91 Å². The van der Waals surface area contributed by atoms with Gasteiger partial charge in [-0.2, -0.15) is 0 Å². The first kappa shape index (κ1) is 12.5. The van der Waals surface area contributed by atoms with E-state index in [-0.39, 0.29) is 18.1 Å². The topological polar surface area (TPSA) is 76.1 Å². The van der Waals surface area contributed by atoms with Crippen molar-refractivity contribution < 1.29 is 9.53 Å². The zero-order valence-corrected chi connectivity index (χ0v) is 10.9. The van der Waals surface area contributed by atoms with Gasteiger partial charge in [-0.15, -0.1) is 0 Å². The predicted molar refractivity (Wildman–Crippen MR) is 68.3 cm³/mol. The summed E-state index contributed by atoms with van der Waals surface area (Å²) in [4.78, 5) is 20.4. The molecule has 3 rings (SSSR count). The fourth-order valence-electron chi connectivity index (χ4n) is 2.61. The molecule has 3 atom stereocenters. The third-order valence-electron chi connectivity index (χ3n) is 3.66. The number of hydrogen-bond donors (Lipinski definition) is 2. The van der Waals surface area contributed by atoms with Gasteiger partial charge in [0.15, 0.2) is 0 Å². The van der Waals surface area contributed by atoms with E-state index in [1.165, 1.54) is 0 Å². The summed E-state index contributed by atoms with van der Waals surface area (Å²) in [5.74, 6) is -0.0569. The summed E-state index contributed by atoms with van der Waals surface area (Å²) >= 11 is 0. The molecule has 0 bridgehead atoms. The van der Waals surface area contributed by atoms with Crippen LogP contribution >= 0.6 is 0 Å². The van der Waals surface area contributed by atoms with Gasteiger partial charge in [-0.05, 0) is 19.9 Å². The van der Waals surface area contributed by atoms with Gasteiger partial charge >= 0.3 is 0 Å². The maximum atomic E-state index is 12.0. The first-order valence-electron chi connectivity index (χ1n) is 6.66. The molecule has 19 heavy (non-hydrogen) atoms. The van der Waals surface area contributed by atoms with Gasteiger partial charge in [0, 0.05) is 18.7 Å². The van der Waals surface area contributed by atoms with Crippen molar-refractivity contribution in [3.63, 3.8) is 0 Å². The van der Waals surface area contributed by atoms with Gasteiger partial charge in [-0.1, -0.05) is 0 Å². The summed E-state index contributed by atoms with van der Waals surface area (Å²) in [7, 11) is 0. The monoisotopic (exact) mass is 262 g/mol. The van der Waals surface area contributed by atoms with E-state index in [9.17, 15) is 4.79 Å². The second-order valence-corrected chi connectivity index (χ2v) is 5.12. The largest absolute Gasteiger partial charge is 0.363 e. The van der Waals surface area contributed by atoms with E-state index in [0.717, 1.165) is 30.8 Å². The van der Waals surface area contributed by atoms with Crippen LogP contribution in [0.3, 0.4) is 0 Å². The van der Waals surface area contributed by atoms with Crippen LogP contribution in [0.5, 0.6) is 0 Å². The Balaban J connectivity index is 1.50. The summed E-state index contributed by atoms with van der Waals surface area (Å²) in [6.07, 6.45) is 5.01. The molecule has 0 aromatic carbocycles. The molecule has 2 saturated heterocycles. The molecular formula is C13H18N4O2. The molecule has 0 aliphatic carbocycles. The summed E-state index contributed by atoms with van der Waals surface area (Å²) in [5, 5.41) is 6.21. The fraction of sp³-hybridized carbons (Fsp3) is 0.615. The van der Waals surface area contributed by atoms with Gasteiger partial charge in [0.25, 0.3) is 0 Å². The summed E-state index contributed by atoms with van der Waals surface area (Å²) in [5.41, 5.74) is 1.63. The van der Waals surface area contributed by atoms with E-state index in [4.69, 9.17) is 4.74 Å². The lowest BCUT2D eigenvalue weighted by Crippen LogP contribution is -2.35. The number of aromatic nitrogens is 2. The molecular weight excluding hydrogens is 244 g/mol. The van der Waals surface area contributed by atoms with Crippen LogP contribution in [-0.4, -0.2) is 40.7 Å². The summed E-state index contributed by atoms with van der Waals surface area (Å²) in [6.45, 7) is 3.27. The van der Waals surface area contributed by atoms with Gasteiger partial charge < -0.3 is 15.4 Å². The van der Waals surface area contributed by atoms with E-state index in [2.05, 4.69) is 20.6 Å². The molecule has 1 aromatic heterocycles. The van der Waals surface area contributed by atoms with E-state index < -0.39 is 0 Å². The minimum Gasteiger partial charge on any atom is -0.363 e. The molecule has 1 aromatic rings. The van der Waals surface area contributed by atoms with Gasteiger partial charge in [0.05, 0.1) is 30.2 Å². The predicted octanol–water partition coefficient (Wildman–Crippen LogP) is -0.0794. The summed E-state index contributed by atoms with van der Waals surface area (Å²) < 4.78 is 5.74. The minimum absolute atomic E-state index is 0.0569. The zero-order valence-electron chi connectivity index (χ0n) is 10.9. The fourth-order valence-corrected chi connectivity index (χ4v) is 2.61. The highest BCUT2D eigenvalue weighted by Crippen LogP contribution is 2.26. The highest BCUT2D eigenvalue weighted by atomic mass is 16.5. The quantitative estimate of drug-likeness (QED) is 0.797. The Morgan fingerprint density at radius 1 is 1.53 bits per heavy atom. The molecule has 0 spiro atoms. The highest BCUT2D eigenvalue weighted by Gasteiger charge is 2.41. The van der Waals surface area contributed by atoms with Gasteiger partial charge in [-0.3, -0.25) is 14.8 Å². The minimum atomic E-state index is -0.332. The lowest BCUT2D eigenvalue weighted by Gasteiger charge is -2.12. The summed E-state index contributed by atoms with van der Waals surface area (Å²) in [6, 6.07) is 0.343. The van der Waals surface area contributed by atoms with Crippen LogP contribution in [0.2, 0.25) is 0 Å². The Hall–Kier alpha value is -1.53. The van der Waals surface area contributed by atoms with Crippen LogP contribution in [0.1, 0.15) is 24.2 Å². The lowest BCUT2D eigenvalue weighted by molar-refractivity contribution is -0.132. The second-order valence-electron chi connectivity index (χ2n) is 5.12. The molecule has 3 heterocycles. The highest BCUT2D eigenvalue weighted by molar-refractivity contribution is 5.81. The van der Waals surface area contributed by atoms with E-state index in [1.54, 1.807) is 12.4 Å². The maximum absolute atomic E-state index is 12.0. The number of rotatable bonds is 3. The van der Waals surface area contributed by atoms with Crippen LogP contribution in [0, 0.1) is 6.92 Å². The van der Waals surface area contributed by atoms with Crippen molar-refractivity contribution >= 4 is 5.91 Å². The number of aryl methyl sites for hydroxylation is 1. The molecule has 2 aliphatic heterocycles. The molecule has 2 aliphatic rings. The van der Waals surface area contributed by atoms with E-state index in [1.807, 2.05) is 6.92 Å². The Morgan fingerprint density at radius 3 is 3.16 bits per heavy atom. The van der Waals surface area contributed by atoms with Crippen molar-refractivity contribution in [3.8, 4) is 0 Å². The van der Waals surface area contributed by atoms with Crippen LogP contribution in [-0.2, 0) is 16.1 Å². The number of carbonyl (C=O) groups excluding carboxylic acids is 1. The van der Waals surface area contributed by atoms with Crippen molar-refractivity contribution in [1.29, 1.82) is 0 Å². The lowest BCUT2D eigenvalue weighted by atomic mass is 10.1. The van der Waals surface area contributed by atoms with E-state index in [0.29, 0.717) is 12.6 Å². The van der Waals surface area contributed by atoms with Crippen molar-refractivity contribution in [3.05, 3.63) is 23.8 Å². The Morgan fingerprint density at radius 2 is 2.42 bits per heavy atom. The molecule has 0 radical (unpaired) electrons. The third-order valence-corrected chi connectivity index (χ3v) is 3.66. The van der Waals surface area contributed by atoms with Crippen molar-refractivity contribution in [1.82, 2.24) is 20.6 Å². The smallest absolute Gasteiger partial charge is 0.249 e. The zero-order chi connectivity index (χ0) is 13.2. The number of ether oxygens (including phenoxy) is 1. The van der Waals surface area contributed by atoms with Crippen LogP contribution in [0.25, 0.3) is 0 Å². The van der Waals surface area contributed by atoms with Crippen molar-refractivity contribution in [2.45, 2.75) is 44.6 Å². The first-order chi connectivity index (χ1) is 9.22. The number of hydrogen-bond acceptors (Lipinski definition) is 5. The molecule has 2 fully saturated rings. The number of fused-ring (bicyclic) bond motifs is 1. The molecule has 6 heteroatoms. The van der Waals surface area contributed by atoms with Gasteiger partial charge in [-0.25, -0.2) is 0 Å². The Bertz CT molecular complexity index is 450. The average molecular weight is 262 g/mol. The van der Waals surface area contributed by atoms with Crippen LogP contribution in [0.4, 0.5) is 0 Å². The molecule has 0 saturated carbocycles. The normalized spacial score (nSPS) is 29.2. The maximum Gasteiger partial charge on any atom is 0.249 e. The Labute approximate surface area is 112 Å². The molecule has 2 N–H and O–H groups in total. The number of nitrogens with zero attached hydrogens (tertiary/aromatic N) is 2. The second kappa shape index (κ2) is 5.22. The third kappa shape index (κ3) is 2.74. The van der Waals surface area contributed by atoms with Crippen LogP contribution < -0.4 is 10.6 Å². The SMILES string of the molecule is Cc1cnc(CNC(=O)[C@@H]2C[C@@H]3NCC[C@@H]3O2)cn1. The first-order valence-corrected chi connectivity index (χ1v) is 6.66. The van der Waals surface area contributed by atoms with E-state index >= 15 is 0 Å². The van der Waals surface area contributed by atoms with Crippen molar-refractivity contribution in [2.24, 2.45) is 0 Å². The molecule has 1 amide bonds. The molecule has 102 valence electrons. The molecule has 6 nitrogen and oxygen atoms in total.